The molecule has 1 atom stereocenters. The molecule has 0 aromatic heterocycles. The monoisotopic (exact) mass is 274 g/mol. The summed E-state index contributed by atoms with van der Waals surface area (Å²) in [5.41, 5.74) is 2.77. The Hall–Kier alpha value is -1.35. The fourth-order valence-electron chi connectivity index (χ4n) is 2.62. The lowest BCUT2D eigenvalue weighted by Gasteiger charge is -2.27. The lowest BCUT2D eigenvalue weighted by atomic mass is 9.88. The molecule has 0 bridgehead atoms. The molecule has 1 aliphatic rings. The number of carbonyl (C=O) groups is 1. The smallest absolute Gasteiger partial charge is 0.234 e. The van der Waals surface area contributed by atoms with Crippen LogP contribution in [0.5, 0.6) is 0 Å². The van der Waals surface area contributed by atoms with Crippen molar-refractivity contribution in [1.82, 2.24) is 10.6 Å². The third-order valence-corrected chi connectivity index (χ3v) is 4.26. The summed E-state index contributed by atoms with van der Waals surface area (Å²) in [5.74, 6) is 0.0932. The first-order valence-corrected chi connectivity index (χ1v) is 7.61. The van der Waals surface area contributed by atoms with Gasteiger partial charge in [-0.05, 0) is 50.7 Å². The lowest BCUT2D eigenvalue weighted by molar-refractivity contribution is -0.122. The third kappa shape index (κ3) is 4.07. The predicted octanol–water partition coefficient (Wildman–Crippen LogP) is 2.44. The Bertz CT molecular complexity index is 468. The lowest BCUT2D eigenvalue weighted by Crippen LogP contribution is -2.48. The Labute approximate surface area is 122 Å². The molecule has 0 radical (unpaired) electrons. The molecule has 0 saturated heterocycles. The highest BCUT2D eigenvalue weighted by atomic mass is 16.2. The third-order valence-electron chi connectivity index (χ3n) is 4.26. The first-order chi connectivity index (χ1) is 9.50. The molecule has 0 aliphatic heterocycles. The summed E-state index contributed by atoms with van der Waals surface area (Å²) >= 11 is 0. The zero-order chi connectivity index (χ0) is 14.6. The Morgan fingerprint density at radius 1 is 1.30 bits per heavy atom. The number of benzene rings is 1. The molecule has 0 spiro atoms. The minimum atomic E-state index is -0.113. The minimum Gasteiger partial charge on any atom is -0.350 e. The molecule has 0 fully saturated rings. The molecule has 2 N–H and O–H groups in total. The molecular formula is C17H26N2O. The molecule has 110 valence electrons. The van der Waals surface area contributed by atoms with Crippen LogP contribution in [0.15, 0.2) is 24.3 Å². The number of rotatable bonds is 5. The predicted molar refractivity (Wildman–Crippen MR) is 82.8 cm³/mol. The Kier molecular flexibility index (Phi) is 4.81. The van der Waals surface area contributed by atoms with Gasteiger partial charge in [0.1, 0.15) is 0 Å². The second-order valence-electron chi connectivity index (χ2n) is 6.37. The Balaban J connectivity index is 1.80. The van der Waals surface area contributed by atoms with E-state index in [4.69, 9.17) is 0 Å². The van der Waals surface area contributed by atoms with Crippen molar-refractivity contribution in [3.05, 3.63) is 35.4 Å². The second-order valence-corrected chi connectivity index (χ2v) is 6.37. The minimum absolute atomic E-state index is 0.0932. The maximum absolute atomic E-state index is 11.9. The normalized spacial score (nSPS) is 18.4. The maximum Gasteiger partial charge on any atom is 0.234 e. The molecule has 0 heterocycles. The fraction of sp³-hybridized carbons (Fsp3) is 0.588. The fourth-order valence-corrected chi connectivity index (χ4v) is 2.62. The number of fused-ring (bicyclic) bond motifs is 1. The SMILES string of the molecule is CCC(C)(C)NC(=O)CNC1CCc2ccccc2C1. The van der Waals surface area contributed by atoms with Gasteiger partial charge in [-0.15, -0.1) is 0 Å². The van der Waals surface area contributed by atoms with Gasteiger partial charge in [0, 0.05) is 11.6 Å². The van der Waals surface area contributed by atoms with Gasteiger partial charge in [0.05, 0.1) is 6.54 Å². The van der Waals surface area contributed by atoms with Crippen LogP contribution in [0.2, 0.25) is 0 Å². The summed E-state index contributed by atoms with van der Waals surface area (Å²) < 4.78 is 0. The molecule has 1 aromatic rings. The number of amides is 1. The molecule has 1 aliphatic carbocycles. The van der Waals surface area contributed by atoms with Gasteiger partial charge in [-0.1, -0.05) is 31.2 Å². The molecule has 0 saturated carbocycles. The van der Waals surface area contributed by atoms with E-state index in [1.165, 1.54) is 11.1 Å². The van der Waals surface area contributed by atoms with E-state index in [0.29, 0.717) is 12.6 Å². The molecule has 2 rings (SSSR count). The van der Waals surface area contributed by atoms with Crippen LogP contribution in [-0.4, -0.2) is 24.0 Å². The van der Waals surface area contributed by atoms with E-state index in [2.05, 4.69) is 55.7 Å². The van der Waals surface area contributed by atoms with Gasteiger partial charge >= 0.3 is 0 Å². The molecule has 1 aromatic carbocycles. The van der Waals surface area contributed by atoms with Crippen LogP contribution in [0.4, 0.5) is 0 Å². The van der Waals surface area contributed by atoms with E-state index in [1.54, 1.807) is 0 Å². The van der Waals surface area contributed by atoms with Gasteiger partial charge in [0.25, 0.3) is 0 Å². The van der Waals surface area contributed by atoms with Gasteiger partial charge in [-0.2, -0.15) is 0 Å². The zero-order valence-corrected chi connectivity index (χ0v) is 12.8. The molecule has 3 heteroatoms. The van der Waals surface area contributed by atoms with Gasteiger partial charge in [-0.25, -0.2) is 0 Å². The van der Waals surface area contributed by atoms with Gasteiger partial charge in [-0.3, -0.25) is 4.79 Å². The first-order valence-electron chi connectivity index (χ1n) is 7.61. The average molecular weight is 274 g/mol. The summed E-state index contributed by atoms with van der Waals surface area (Å²) in [7, 11) is 0. The molecule has 20 heavy (non-hydrogen) atoms. The molecule has 3 nitrogen and oxygen atoms in total. The van der Waals surface area contributed by atoms with Crippen LogP contribution >= 0.6 is 0 Å². The number of hydrogen-bond acceptors (Lipinski definition) is 2. The van der Waals surface area contributed by atoms with Crippen LogP contribution in [0.25, 0.3) is 0 Å². The Morgan fingerprint density at radius 3 is 2.70 bits per heavy atom. The number of nitrogens with one attached hydrogen (secondary N) is 2. The van der Waals surface area contributed by atoms with Crippen LogP contribution in [-0.2, 0) is 17.6 Å². The highest BCUT2D eigenvalue weighted by molar-refractivity contribution is 5.78. The van der Waals surface area contributed by atoms with Crippen molar-refractivity contribution in [3.8, 4) is 0 Å². The maximum atomic E-state index is 11.9. The molecule has 1 unspecified atom stereocenters. The van der Waals surface area contributed by atoms with E-state index < -0.39 is 0 Å². The van der Waals surface area contributed by atoms with E-state index in [1.807, 2.05) is 0 Å². The van der Waals surface area contributed by atoms with Gasteiger partial charge in [0.2, 0.25) is 5.91 Å². The number of aryl methyl sites for hydroxylation is 1. The van der Waals surface area contributed by atoms with Crippen molar-refractivity contribution in [1.29, 1.82) is 0 Å². The summed E-state index contributed by atoms with van der Waals surface area (Å²) in [6, 6.07) is 9.02. The van der Waals surface area contributed by atoms with E-state index in [9.17, 15) is 4.79 Å². The topological polar surface area (TPSA) is 41.1 Å². The standard InChI is InChI=1S/C17H26N2O/c1-4-17(2,3)19-16(20)12-18-15-10-9-13-7-5-6-8-14(13)11-15/h5-8,15,18H,4,9-12H2,1-3H3,(H,19,20). The summed E-state index contributed by atoms with van der Waals surface area (Å²) in [6.07, 6.45) is 4.19. The van der Waals surface area contributed by atoms with Crippen LogP contribution < -0.4 is 10.6 Å². The van der Waals surface area contributed by atoms with Crippen molar-refractivity contribution in [2.75, 3.05) is 6.54 Å². The Morgan fingerprint density at radius 2 is 2.00 bits per heavy atom. The molecular weight excluding hydrogens is 248 g/mol. The van der Waals surface area contributed by atoms with E-state index in [-0.39, 0.29) is 11.4 Å². The zero-order valence-electron chi connectivity index (χ0n) is 12.8. The van der Waals surface area contributed by atoms with Crippen LogP contribution in [0.1, 0.15) is 44.7 Å². The summed E-state index contributed by atoms with van der Waals surface area (Å²) in [6.45, 7) is 6.62. The number of hydrogen-bond donors (Lipinski definition) is 2. The highest BCUT2D eigenvalue weighted by Gasteiger charge is 2.21. The average Bonchev–Trinajstić information content (AvgIpc) is 2.44. The van der Waals surface area contributed by atoms with E-state index >= 15 is 0 Å². The van der Waals surface area contributed by atoms with Crippen molar-refractivity contribution in [2.45, 2.75) is 58.0 Å². The second kappa shape index (κ2) is 6.40. The van der Waals surface area contributed by atoms with Gasteiger partial charge in [0.15, 0.2) is 0 Å². The van der Waals surface area contributed by atoms with Crippen LogP contribution in [0.3, 0.4) is 0 Å². The largest absolute Gasteiger partial charge is 0.350 e. The first kappa shape index (κ1) is 15.0. The van der Waals surface area contributed by atoms with Crippen molar-refractivity contribution in [3.63, 3.8) is 0 Å². The van der Waals surface area contributed by atoms with Crippen molar-refractivity contribution >= 4 is 5.91 Å². The quantitative estimate of drug-likeness (QED) is 0.866. The van der Waals surface area contributed by atoms with Crippen molar-refractivity contribution in [2.24, 2.45) is 0 Å². The highest BCUT2D eigenvalue weighted by Crippen LogP contribution is 2.20. The molecule has 1 amide bonds. The van der Waals surface area contributed by atoms with E-state index in [0.717, 1.165) is 25.7 Å². The summed E-state index contributed by atoms with van der Waals surface area (Å²) in [5, 5.41) is 6.46. The van der Waals surface area contributed by atoms with Crippen LogP contribution in [0, 0.1) is 0 Å². The summed E-state index contributed by atoms with van der Waals surface area (Å²) in [4.78, 5) is 11.9. The number of carbonyl (C=O) groups excluding carboxylic acids is 1. The van der Waals surface area contributed by atoms with Gasteiger partial charge < -0.3 is 10.6 Å². The van der Waals surface area contributed by atoms with Crippen molar-refractivity contribution < 1.29 is 4.79 Å².